The van der Waals surface area contributed by atoms with Gasteiger partial charge in [0.2, 0.25) is 5.91 Å². The zero-order valence-corrected chi connectivity index (χ0v) is 10.4. The molecule has 0 aromatic heterocycles. The number of aliphatic carboxylic acids is 1. The van der Waals surface area contributed by atoms with Gasteiger partial charge in [-0.1, -0.05) is 17.7 Å². The van der Waals surface area contributed by atoms with E-state index < -0.39 is 23.8 Å². The smallest absolute Gasteiger partial charge is 0.337 e. The fourth-order valence-corrected chi connectivity index (χ4v) is 2.33. The summed E-state index contributed by atoms with van der Waals surface area (Å²) in [6.45, 7) is -0.0713. The van der Waals surface area contributed by atoms with E-state index in [0.29, 0.717) is 0 Å². The highest BCUT2D eigenvalue weighted by molar-refractivity contribution is 6.34. The van der Waals surface area contributed by atoms with Crippen molar-refractivity contribution in [2.75, 3.05) is 11.4 Å². The second-order valence-corrected chi connectivity index (χ2v) is 4.59. The fourth-order valence-electron chi connectivity index (χ4n) is 2.05. The van der Waals surface area contributed by atoms with Gasteiger partial charge in [0.1, 0.15) is 0 Å². The molecule has 1 atom stereocenters. The van der Waals surface area contributed by atoms with Crippen molar-refractivity contribution in [3.63, 3.8) is 0 Å². The Hall–Kier alpha value is -2.08. The molecule has 7 heteroatoms. The predicted octanol–water partition coefficient (Wildman–Crippen LogP) is 1.48. The SMILES string of the molecule is O=C(O)c1cccc(Cl)c1N1CC(C(=O)O)CC1=O. The first-order chi connectivity index (χ1) is 8.91. The monoisotopic (exact) mass is 283 g/mol. The van der Waals surface area contributed by atoms with E-state index in [1.54, 1.807) is 0 Å². The molecule has 1 aliphatic heterocycles. The highest BCUT2D eigenvalue weighted by Crippen LogP contribution is 2.34. The molecule has 19 heavy (non-hydrogen) atoms. The number of rotatable bonds is 3. The van der Waals surface area contributed by atoms with Crippen molar-refractivity contribution >= 4 is 35.1 Å². The number of carbonyl (C=O) groups excluding carboxylic acids is 1. The quantitative estimate of drug-likeness (QED) is 0.876. The van der Waals surface area contributed by atoms with Crippen LogP contribution in [0.1, 0.15) is 16.8 Å². The number of anilines is 1. The van der Waals surface area contributed by atoms with Gasteiger partial charge < -0.3 is 15.1 Å². The Morgan fingerprint density at radius 2 is 2.00 bits per heavy atom. The number of benzene rings is 1. The Kier molecular flexibility index (Phi) is 3.44. The molecule has 1 heterocycles. The van der Waals surface area contributed by atoms with Crippen LogP contribution in [0.4, 0.5) is 5.69 Å². The number of amides is 1. The van der Waals surface area contributed by atoms with E-state index in [1.165, 1.54) is 18.2 Å². The summed E-state index contributed by atoms with van der Waals surface area (Å²) in [7, 11) is 0. The normalized spacial score (nSPS) is 18.7. The van der Waals surface area contributed by atoms with E-state index in [-0.39, 0.29) is 29.2 Å². The van der Waals surface area contributed by atoms with Crippen LogP contribution < -0.4 is 4.90 Å². The largest absolute Gasteiger partial charge is 0.481 e. The number of para-hydroxylation sites is 1. The van der Waals surface area contributed by atoms with Crippen molar-refractivity contribution in [1.29, 1.82) is 0 Å². The standard InChI is InChI=1S/C12H10ClNO5/c13-8-3-1-2-7(12(18)19)10(8)14-5-6(11(16)17)4-9(14)15/h1-3,6H,4-5H2,(H,16,17)(H,18,19). The number of carbonyl (C=O) groups is 3. The number of aromatic carboxylic acids is 1. The van der Waals surface area contributed by atoms with Gasteiger partial charge in [0, 0.05) is 13.0 Å². The van der Waals surface area contributed by atoms with Crippen molar-refractivity contribution < 1.29 is 24.6 Å². The number of carboxylic acids is 2. The highest BCUT2D eigenvalue weighted by Gasteiger charge is 2.37. The summed E-state index contributed by atoms with van der Waals surface area (Å²) in [5.41, 5.74) is -0.0581. The van der Waals surface area contributed by atoms with Crippen LogP contribution in [-0.2, 0) is 9.59 Å². The number of carboxylic acid groups (broad SMARTS) is 2. The first-order valence-corrected chi connectivity index (χ1v) is 5.84. The molecule has 2 N–H and O–H groups in total. The van der Waals surface area contributed by atoms with Crippen molar-refractivity contribution in [3.8, 4) is 0 Å². The summed E-state index contributed by atoms with van der Waals surface area (Å²) in [6, 6.07) is 4.25. The van der Waals surface area contributed by atoms with Gasteiger partial charge in [0.05, 0.1) is 22.2 Å². The van der Waals surface area contributed by atoms with Gasteiger partial charge in [-0.25, -0.2) is 4.79 Å². The Bertz CT molecular complexity index is 571. The summed E-state index contributed by atoms with van der Waals surface area (Å²) in [4.78, 5) is 35.0. The lowest BCUT2D eigenvalue weighted by atomic mass is 10.1. The maximum atomic E-state index is 11.8. The molecule has 2 rings (SSSR count). The molecule has 0 bridgehead atoms. The summed E-state index contributed by atoms with van der Waals surface area (Å²) >= 11 is 5.94. The minimum Gasteiger partial charge on any atom is -0.481 e. The van der Waals surface area contributed by atoms with Crippen LogP contribution in [0.5, 0.6) is 0 Å². The minimum absolute atomic E-state index is 0.0606. The third-order valence-electron chi connectivity index (χ3n) is 2.96. The first kappa shape index (κ1) is 13.4. The van der Waals surface area contributed by atoms with Gasteiger partial charge in [-0.3, -0.25) is 9.59 Å². The van der Waals surface area contributed by atoms with Gasteiger partial charge in [0.25, 0.3) is 0 Å². The van der Waals surface area contributed by atoms with E-state index >= 15 is 0 Å². The van der Waals surface area contributed by atoms with Gasteiger partial charge in [-0.05, 0) is 12.1 Å². The third-order valence-corrected chi connectivity index (χ3v) is 3.27. The molecule has 1 saturated heterocycles. The zero-order valence-electron chi connectivity index (χ0n) is 9.67. The van der Waals surface area contributed by atoms with Crippen LogP contribution in [-0.4, -0.2) is 34.6 Å². The van der Waals surface area contributed by atoms with Gasteiger partial charge in [-0.15, -0.1) is 0 Å². The minimum atomic E-state index is -1.22. The Labute approximate surface area is 113 Å². The van der Waals surface area contributed by atoms with Gasteiger partial charge >= 0.3 is 11.9 Å². The van der Waals surface area contributed by atoms with Crippen LogP contribution >= 0.6 is 11.6 Å². The number of hydrogen-bond acceptors (Lipinski definition) is 3. The van der Waals surface area contributed by atoms with Crippen LogP contribution in [0, 0.1) is 5.92 Å². The second-order valence-electron chi connectivity index (χ2n) is 4.18. The van der Waals surface area contributed by atoms with Crippen molar-refractivity contribution in [1.82, 2.24) is 0 Å². The summed E-state index contributed by atoms with van der Waals surface area (Å²) in [6.07, 6.45) is -0.153. The van der Waals surface area contributed by atoms with Crippen molar-refractivity contribution in [2.45, 2.75) is 6.42 Å². The Morgan fingerprint density at radius 1 is 1.32 bits per heavy atom. The number of halogens is 1. The average Bonchev–Trinajstić information content (AvgIpc) is 2.71. The van der Waals surface area contributed by atoms with Crippen molar-refractivity contribution in [3.05, 3.63) is 28.8 Å². The lowest BCUT2D eigenvalue weighted by Gasteiger charge is -2.19. The zero-order chi connectivity index (χ0) is 14.2. The van der Waals surface area contributed by atoms with Crippen LogP contribution in [0.15, 0.2) is 18.2 Å². The number of hydrogen-bond donors (Lipinski definition) is 2. The lowest BCUT2D eigenvalue weighted by molar-refractivity contribution is -0.141. The van der Waals surface area contributed by atoms with Crippen LogP contribution in [0.2, 0.25) is 5.02 Å². The van der Waals surface area contributed by atoms with Crippen molar-refractivity contribution in [2.24, 2.45) is 5.92 Å². The molecule has 0 aliphatic carbocycles. The molecule has 0 saturated carbocycles. The maximum Gasteiger partial charge on any atom is 0.337 e. The van der Waals surface area contributed by atoms with Crippen LogP contribution in [0.25, 0.3) is 0 Å². The molecule has 100 valence electrons. The molecule has 1 aromatic rings. The number of nitrogens with zero attached hydrogens (tertiary/aromatic N) is 1. The molecular weight excluding hydrogens is 274 g/mol. The lowest BCUT2D eigenvalue weighted by Crippen LogP contribution is -2.27. The Balaban J connectivity index is 2.45. The Morgan fingerprint density at radius 3 is 2.53 bits per heavy atom. The second kappa shape index (κ2) is 4.89. The first-order valence-electron chi connectivity index (χ1n) is 5.46. The molecule has 6 nitrogen and oxygen atoms in total. The van der Waals surface area contributed by atoms with Gasteiger partial charge in [-0.2, -0.15) is 0 Å². The molecule has 0 radical (unpaired) electrons. The van der Waals surface area contributed by atoms with E-state index in [0.717, 1.165) is 4.90 Å². The molecular formula is C12H10ClNO5. The van der Waals surface area contributed by atoms with E-state index in [9.17, 15) is 14.4 Å². The van der Waals surface area contributed by atoms with Crippen LogP contribution in [0.3, 0.4) is 0 Å². The summed E-state index contributed by atoms with van der Waals surface area (Å²) in [5.74, 6) is -3.59. The molecule has 1 unspecified atom stereocenters. The van der Waals surface area contributed by atoms with E-state index in [1.807, 2.05) is 0 Å². The molecule has 1 aromatic carbocycles. The van der Waals surface area contributed by atoms with E-state index in [4.69, 9.17) is 21.8 Å². The maximum absolute atomic E-state index is 11.8. The predicted molar refractivity (Wildman–Crippen MR) is 66.5 cm³/mol. The fraction of sp³-hybridized carbons (Fsp3) is 0.250. The molecule has 0 spiro atoms. The summed E-state index contributed by atoms with van der Waals surface area (Å²) < 4.78 is 0. The summed E-state index contributed by atoms with van der Waals surface area (Å²) in [5, 5.41) is 18.1. The molecule has 1 fully saturated rings. The topological polar surface area (TPSA) is 94.9 Å². The van der Waals surface area contributed by atoms with Gasteiger partial charge in [0.15, 0.2) is 0 Å². The molecule has 1 aliphatic rings. The third kappa shape index (κ3) is 2.39. The average molecular weight is 284 g/mol. The highest BCUT2D eigenvalue weighted by atomic mass is 35.5. The molecule has 1 amide bonds. The van der Waals surface area contributed by atoms with E-state index in [2.05, 4.69) is 0 Å².